The summed E-state index contributed by atoms with van der Waals surface area (Å²) in [6.07, 6.45) is 5.00. The van der Waals surface area contributed by atoms with E-state index in [9.17, 15) is 9.18 Å². The molecule has 5 rings (SSSR count). The van der Waals surface area contributed by atoms with Gasteiger partial charge in [0.05, 0.1) is 0 Å². The summed E-state index contributed by atoms with van der Waals surface area (Å²) in [7, 11) is 1.78. The summed E-state index contributed by atoms with van der Waals surface area (Å²) in [6.45, 7) is 1.92. The van der Waals surface area contributed by atoms with Crippen molar-refractivity contribution >= 4 is 22.5 Å². The van der Waals surface area contributed by atoms with E-state index in [1.165, 1.54) is 16.7 Å². The topological polar surface area (TPSA) is 81.4 Å². The van der Waals surface area contributed by atoms with Crippen molar-refractivity contribution in [3.05, 3.63) is 82.0 Å². The van der Waals surface area contributed by atoms with Crippen LogP contribution in [0.5, 0.6) is 0 Å². The van der Waals surface area contributed by atoms with Gasteiger partial charge >= 0.3 is 0 Å². The highest BCUT2D eigenvalue weighted by Crippen LogP contribution is 2.33. The van der Waals surface area contributed by atoms with Gasteiger partial charge in [0.15, 0.2) is 5.82 Å². The van der Waals surface area contributed by atoms with Gasteiger partial charge in [-0.15, -0.1) is 10.2 Å². The zero-order valence-electron chi connectivity index (χ0n) is 16.6. The molecule has 0 atom stereocenters. The molecule has 7 nitrogen and oxygen atoms in total. The van der Waals surface area contributed by atoms with E-state index in [0.717, 1.165) is 10.9 Å². The fourth-order valence-electron chi connectivity index (χ4n) is 3.73. The molecule has 5 aromatic rings. The van der Waals surface area contributed by atoms with Crippen LogP contribution in [0.3, 0.4) is 0 Å². The number of hydrogen-bond donors (Lipinski definition) is 1. The van der Waals surface area contributed by atoms with Gasteiger partial charge < -0.3 is 9.55 Å². The minimum atomic E-state index is -0.397. The second-order valence-corrected chi connectivity index (χ2v) is 7.63. The third-order valence-electron chi connectivity index (χ3n) is 5.20. The van der Waals surface area contributed by atoms with Gasteiger partial charge in [-0.3, -0.25) is 9.36 Å². The molecule has 0 unspecified atom stereocenters. The first-order valence-electron chi connectivity index (χ1n) is 9.44. The number of benzene rings is 1. The van der Waals surface area contributed by atoms with Crippen molar-refractivity contribution in [2.75, 3.05) is 0 Å². The first kappa shape index (κ1) is 19.2. The van der Waals surface area contributed by atoms with Gasteiger partial charge in [0, 0.05) is 30.4 Å². The van der Waals surface area contributed by atoms with Crippen LogP contribution in [0.2, 0.25) is 5.15 Å². The fourth-order valence-corrected chi connectivity index (χ4v) is 3.93. The zero-order valence-corrected chi connectivity index (χ0v) is 17.4. The number of hydrogen-bond acceptors (Lipinski definition) is 4. The number of H-pyrrole nitrogens is 1. The van der Waals surface area contributed by atoms with Crippen molar-refractivity contribution in [1.29, 1.82) is 0 Å². The van der Waals surface area contributed by atoms with E-state index >= 15 is 0 Å². The molecule has 0 bridgehead atoms. The largest absolute Gasteiger partial charge is 0.357 e. The average Bonchev–Trinajstić information content (AvgIpc) is 3.39. The van der Waals surface area contributed by atoms with E-state index in [2.05, 4.69) is 20.2 Å². The normalized spacial score (nSPS) is 11.4. The van der Waals surface area contributed by atoms with Crippen LogP contribution in [-0.4, -0.2) is 29.3 Å². The van der Waals surface area contributed by atoms with E-state index in [4.69, 9.17) is 11.6 Å². The molecule has 1 N–H and O–H groups in total. The third kappa shape index (κ3) is 3.21. The monoisotopic (exact) mass is 434 g/mol. The lowest BCUT2D eigenvalue weighted by Crippen LogP contribution is -2.19. The Hall–Kier alpha value is -3.78. The Kier molecular flexibility index (Phi) is 4.44. The van der Waals surface area contributed by atoms with Crippen LogP contribution in [0.25, 0.3) is 39.2 Å². The molecule has 0 aliphatic carbocycles. The summed E-state index contributed by atoms with van der Waals surface area (Å²) < 4.78 is 17.2. The third-order valence-corrected chi connectivity index (χ3v) is 5.39. The smallest absolute Gasteiger partial charge is 0.280 e. The number of halogens is 2. The summed E-state index contributed by atoms with van der Waals surface area (Å²) in [5.41, 5.74) is 3.08. The van der Waals surface area contributed by atoms with Crippen molar-refractivity contribution in [3.63, 3.8) is 0 Å². The highest BCUT2D eigenvalue weighted by molar-refractivity contribution is 6.29. The standard InChI is InChI=1S/C22H16ClFN6O/c1-12-10-30(22(31)20-15(12)5-6-25-20)19-8-13(7-18(23)27-19)16-4-3-14(24)9-17(16)21-28-26-11-29(21)2/h3-11,25H,1-2H3. The molecular weight excluding hydrogens is 419 g/mol. The van der Waals surface area contributed by atoms with Crippen molar-refractivity contribution < 1.29 is 4.39 Å². The quantitative estimate of drug-likeness (QED) is 0.430. The first-order chi connectivity index (χ1) is 14.9. The minimum Gasteiger partial charge on any atom is -0.357 e. The lowest BCUT2D eigenvalue weighted by molar-refractivity contribution is 0.628. The SMILES string of the molecule is Cc1cn(-c2cc(-c3ccc(F)cc3-c3nncn3C)cc(Cl)n2)c(=O)c2[nH]ccc12. The molecule has 0 fully saturated rings. The Morgan fingerprint density at radius 1 is 1.13 bits per heavy atom. The van der Waals surface area contributed by atoms with Crippen molar-refractivity contribution in [3.8, 4) is 28.3 Å². The first-order valence-corrected chi connectivity index (χ1v) is 9.82. The maximum absolute atomic E-state index is 14.1. The molecule has 0 saturated heterocycles. The van der Waals surface area contributed by atoms with E-state index in [1.54, 1.807) is 48.5 Å². The maximum Gasteiger partial charge on any atom is 0.280 e. The van der Waals surface area contributed by atoms with Gasteiger partial charge in [-0.1, -0.05) is 17.7 Å². The van der Waals surface area contributed by atoms with Gasteiger partial charge in [-0.25, -0.2) is 9.37 Å². The van der Waals surface area contributed by atoms with Crippen LogP contribution >= 0.6 is 11.6 Å². The summed E-state index contributed by atoms with van der Waals surface area (Å²) in [5.74, 6) is 0.469. The van der Waals surface area contributed by atoms with Crippen LogP contribution in [0.1, 0.15) is 5.56 Å². The Morgan fingerprint density at radius 3 is 2.74 bits per heavy atom. The minimum absolute atomic E-state index is 0.205. The number of rotatable bonds is 3. The van der Waals surface area contributed by atoms with Gasteiger partial charge in [0.2, 0.25) is 0 Å². The van der Waals surface area contributed by atoms with Crippen LogP contribution in [0.15, 0.2) is 59.9 Å². The number of nitrogens with one attached hydrogen (secondary N) is 1. The highest BCUT2D eigenvalue weighted by Gasteiger charge is 2.16. The lowest BCUT2D eigenvalue weighted by Gasteiger charge is -2.13. The van der Waals surface area contributed by atoms with Gasteiger partial charge in [-0.2, -0.15) is 0 Å². The van der Waals surface area contributed by atoms with Crippen LogP contribution in [-0.2, 0) is 7.05 Å². The molecule has 4 heterocycles. The van der Waals surface area contributed by atoms with Crippen LogP contribution < -0.4 is 5.56 Å². The van der Waals surface area contributed by atoms with Gasteiger partial charge in [0.25, 0.3) is 5.56 Å². The molecule has 0 saturated carbocycles. The Bertz CT molecular complexity index is 1520. The molecule has 0 amide bonds. The van der Waals surface area contributed by atoms with Crippen LogP contribution in [0, 0.1) is 12.7 Å². The molecule has 4 aromatic heterocycles. The molecule has 154 valence electrons. The predicted octanol–water partition coefficient (Wildman–Crippen LogP) is 4.28. The van der Waals surface area contributed by atoms with E-state index < -0.39 is 5.82 Å². The van der Waals surface area contributed by atoms with Crippen molar-refractivity contribution in [1.82, 2.24) is 29.3 Å². The van der Waals surface area contributed by atoms with Crippen molar-refractivity contribution in [2.45, 2.75) is 6.92 Å². The number of aromatic nitrogens is 6. The Balaban J connectivity index is 1.74. The average molecular weight is 435 g/mol. The zero-order chi connectivity index (χ0) is 21.7. The predicted molar refractivity (Wildman–Crippen MR) is 117 cm³/mol. The van der Waals surface area contributed by atoms with Crippen molar-refractivity contribution in [2.24, 2.45) is 7.05 Å². The molecular formula is C22H16ClFN6O. The van der Waals surface area contributed by atoms with E-state index in [0.29, 0.717) is 33.8 Å². The second-order valence-electron chi connectivity index (χ2n) is 7.25. The Morgan fingerprint density at radius 2 is 1.97 bits per heavy atom. The number of fused-ring (bicyclic) bond motifs is 1. The van der Waals surface area contributed by atoms with E-state index in [1.807, 2.05) is 13.0 Å². The molecule has 0 aliphatic heterocycles. The summed E-state index contributed by atoms with van der Waals surface area (Å²) in [6, 6.07) is 9.69. The number of nitrogens with zero attached hydrogens (tertiary/aromatic N) is 5. The summed E-state index contributed by atoms with van der Waals surface area (Å²) in [5, 5.41) is 9.06. The number of aromatic amines is 1. The van der Waals surface area contributed by atoms with Gasteiger partial charge in [-0.05, 0) is 53.9 Å². The second kappa shape index (κ2) is 7.17. The summed E-state index contributed by atoms with van der Waals surface area (Å²) in [4.78, 5) is 20.4. The molecule has 9 heteroatoms. The molecule has 0 aliphatic rings. The summed E-state index contributed by atoms with van der Waals surface area (Å²) >= 11 is 6.34. The molecule has 31 heavy (non-hydrogen) atoms. The molecule has 1 aromatic carbocycles. The highest BCUT2D eigenvalue weighted by atomic mass is 35.5. The Labute approximate surface area is 180 Å². The molecule has 0 radical (unpaired) electrons. The fraction of sp³-hybridized carbons (Fsp3) is 0.0909. The van der Waals surface area contributed by atoms with E-state index in [-0.39, 0.29) is 10.7 Å². The number of pyridine rings is 2. The van der Waals surface area contributed by atoms with Gasteiger partial charge in [0.1, 0.15) is 28.6 Å². The lowest BCUT2D eigenvalue weighted by atomic mass is 9.99. The molecule has 0 spiro atoms. The van der Waals surface area contributed by atoms with Crippen LogP contribution in [0.4, 0.5) is 4.39 Å². The number of aryl methyl sites for hydroxylation is 2. The maximum atomic E-state index is 14.1.